The molecule has 0 heterocycles. The molecule has 0 aromatic heterocycles. The van der Waals surface area contributed by atoms with Crippen molar-refractivity contribution in [3.63, 3.8) is 0 Å². The van der Waals surface area contributed by atoms with Crippen LogP contribution in [-0.4, -0.2) is 0 Å². The van der Waals surface area contributed by atoms with E-state index in [-0.39, 0.29) is 6.10 Å². The largest absolute Gasteiger partial charge is 0.484 e. The number of hydrogen-bond donors (Lipinski definition) is 0. The smallest absolute Gasteiger partial charge is 0.139 e. The second-order valence-electron chi connectivity index (χ2n) is 5.32. The minimum atomic E-state index is -0.138. The van der Waals surface area contributed by atoms with Gasteiger partial charge in [0.05, 0.1) is 5.02 Å². The Hall–Kier alpha value is -2.16. The maximum atomic E-state index is 6.33. The van der Waals surface area contributed by atoms with Crippen molar-refractivity contribution in [2.24, 2.45) is 0 Å². The molecule has 1 atom stereocenters. The van der Waals surface area contributed by atoms with Crippen LogP contribution in [0.2, 0.25) is 10.0 Å². The SMILES string of the molecule is CC(Oc1ccc(Oc2ccccc2)cc1Cl)c1ccc(Cl)cc1. The van der Waals surface area contributed by atoms with Crippen LogP contribution in [0.3, 0.4) is 0 Å². The maximum Gasteiger partial charge on any atom is 0.139 e. The molecule has 0 fully saturated rings. The number of halogens is 2. The minimum absolute atomic E-state index is 0.138. The van der Waals surface area contributed by atoms with Crippen LogP contribution in [0.25, 0.3) is 0 Å². The Morgan fingerprint density at radius 2 is 1.50 bits per heavy atom. The van der Waals surface area contributed by atoms with Gasteiger partial charge in [-0.05, 0) is 48.9 Å². The van der Waals surface area contributed by atoms with E-state index >= 15 is 0 Å². The summed E-state index contributed by atoms with van der Waals surface area (Å²) in [5.41, 5.74) is 1.03. The third kappa shape index (κ3) is 4.22. The first kappa shape index (κ1) is 16.7. The molecule has 2 nitrogen and oxygen atoms in total. The zero-order chi connectivity index (χ0) is 16.9. The van der Waals surface area contributed by atoms with Crippen molar-refractivity contribution in [2.45, 2.75) is 13.0 Å². The van der Waals surface area contributed by atoms with E-state index in [1.165, 1.54) is 0 Å². The Kier molecular flexibility index (Phi) is 5.29. The molecule has 0 bridgehead atoms. The Morgan fingerprint density at radius 1 is 0.792 bits per heavy atom. The highest BCUT2D eigenvalue weighted by molar-refractivity contribution is 6.32. The fraction of sp³-hybridized carbons (Fsp3) is 0.100. The van der Waals surface area contributed by atoms with E-state index < -0.39 is 0 Å². The molecule has 3 rings (SSSR count). The van der Waals surface area contributed by atoms with Crippen LogP contribution >= 0.6 is 23.2 Å². The first-order valence-corrected chi connectivity index (χ1v) is 8.32. The molecule has 0 saturated carbocycles. The molecule has 3 aromatic rings. The van der Waals surface area contributed by atoms with Crippen molar-refractivity contribution in [3.05, 3.63) is 88.4 Å². The first-order valence-electron chi connectivity index (χ1n) is 7.56. The summed E-state index contributed by atoms with van der Waals surface area (Å²) in [7, 11) is 0. The monoisotopic (exact) mass is 358 g/mol. The molecule has 0 aliphatic rings. The molecule has 4 heteroatoms. The maximum absolute atomic E-state index is 6.33. The molecule has 1 unspecified atom stereocenters. The molecule has 0 amide bonds. The van der Waals surface area contributed by atoms with E-state index in [1.54, 1.807) is 6.07 Å². The van der Waals surface area contributed by atoms with Gasteiger partial charge in [-0.15, -0.1) is 0 Å². The van der Waals surface area contributed by atoms with Crippen molar-refractivity contribution in [2.75, 3.05) is 0 Å². The van der Waals surface area contributed by atoms with Crippen LogP contribution in [-0.2, 0) is 0 Å². The zero-order valence-corrected chi connectivity index (χ0v) is 14.6. The fourth-order valence-corrected chi connectivity index (χ4v) is 2.60. The number of ether oxygens (including phenoxy) is 2. The Morgan fingerprint density at radius 3 is 2.17 bits per heavy atom. The molecule has 3 aromatic carbocycles. The Labute approximate surface area is 151 Å². The molecular formula is C20H16Cl2O2. The highest BCUT2D eigenvalue weighted by Gasteiger charge is 2.11. The molecule has 0 saturated heterocycles. The van der Waals surface area contributed by atoms with Crippen LogP contribution in [0, 0.1) is 0 Å². The van der Waals surface area contributed by atoms with Gasteiger partial charge in [0.2, 0.25) is 0 Å². The van der Waals surface area contributed by atoms with Gasteiger partial charge in [0.1, 0.15) is 23.4 Å². The van der Waals surface area contributed by atoms with Gasteiger partial charge in [-0.3, -0.25) is 0 Å². The normalized spacial score (nSPS) is 11.8. The van der Waals surface area contributed by atoms with Crippen LogP contribution < -0.4 is 9.47 Å². The van der Waals surface area contributed by atoms with E-state index in [4.69, 9.17) is 32.7 Å². The number of rotatable bonds is 5. The summed E-state index contributed by atoms with van der Waals surface area (Å²) in [6, 6.07) is 22.5. The van der Waals surface area contributed by atoms with Crippen molar-refractivity contribution in [1.82, 2.24) is 0 Å². The summed E-state index contributed by atoms with van der Waals surface area (Å²) in [6.07, 6.45) is -0.138. The highest BCUT2D eigenvalue weighted by atomic mass is 35.5. The lowest BCUT2D eigenvalue weighted by Crippen LogP contribution is -2.03. The van der Waals surface area contributed by atoms with Crippen LogP contribution in [0.15, 0.2) is 72.8 Å². The van der Waals surface area contributed by atoms with Gasteiger partial charge in [-0.25, -0.2) is 0 Å². The summed E-state index contributed by atoms with van der Waals surface area (Å²) >= 11 is 12.2. The third-order valence-electron chi connectivity index (χ3n) is 3.53. The van der Waals surface area contributed by atoms with Gasteiger partial charge in [0, 0.05) is 11.1 Å². The topological polar surface area (TPSA) is 18.5 Å². The van der Waals surface area contributed by atoms with E-state index in [0.717, 1.165) is 11.3 Å². The summed E-state index contributed by atoms with van der Waals surface area (Å²) < 4.78 is 11.7. The molecule has 0 spiro atoms. The predicted octanol–water partition coefficient (Wildman–Crippen LogP) is 6.93. The first-order chi connectivity index (χ1) is 11.6. The van der Waals surface area contributed by atoms with Crippen LogP contribution in [0.1, 0.15) is 18.6 Å². The summed E-state index contributed by atoms with van der Waals surface area (Å²) in [4.78, 5) is 0. The predicted molar refractivity (Wildman–Crippen MR) is 98.5 cm³/mol. The lowest BCUT2D eigenvalue weighted by Gasteiger charge is -2.17. The summed E-state index contributed by atoms with van der Waals surface area (Å²) in [5, 5.41) is 1.20. The van der Waals surface area contributed by atoms with E-state index in [9.17, 15) is 0 Å². The van der Waals surface area contributed by atoms with E-state index in [1.807, 2.05) is 73.7 Å². The molecule has 0 aliphatic heterocycles. The van der Waals surface area contributed by atoms with Crippen molar-refractivity contribution >= 4 is 23.2 Å². The molecule has 0 aliphatic carbocycles. The summed E-state index contributed by atoms with van der Waals surface area (Å²) in [6.45, 7) is 1.97. The number of benzene rings is 3. The Balaban J connectivity index is 1.71. The Bertz CT molecular complexity index is 802. The second kappa shape index (κ2) is 7.61. The van der Waals surface area contributed by atoms with Crippen LogP contribution in [0.5, 0.6) is 17.2 Å². The zero-order valence-electron chi connectivity index (χ0n) is 13.1. The minimum Gasteiger partial charge on any atom is -0.484 e. The average molecular weight is 359 g/mol. The molecule has 24 heavy (non-hydrogen) atoms. The van der Waals surface area contributed by atoms with Crippen molar-refractivity contribution in [3.8, 4) is 17.2 Å². The molecule has 0 radical (unpaired) electrons. The molecule has 122 valence electrons. The fourth-order valence-electron chi connectivity index (χ4n) is 2.26. The lowest BCUT2D eigenvalue weighted by molar-refractivity contribution is 0.227. The van der Waals surface area contributed by atoms with E-state index in [0.29, 0.717) is 21.5 Å². The van der Waals surface area contributed by atoms with Gasteiger partial charge in [0.15, 0.2) is 0 Å². The quantitative estimate of drug-likeness (QED) is 0.492. The highest BCUT2D eigenvalue weighted by Crippen LogP contribution is 2.34. The van der Waals surface area contributed by atoms with Gasteiger partial charge in [-0.2, -0.15) is 0 Å². The van der Waals surface area contributed by atoms with Gasteiger partial charge in [-0.1, -0.05) is 53.5 Å². The van der Waals surface area contributed by atoms with Crippen molar-refractivity contribution < 1.29 is 9.47 Å². The average Bonchev–Trinajstić information content (AvgIpc) is 2.59. The standard InChI is InChI=1S/C20H16Cl2O2/c1-14(15-7-9-16(21)10-8-15)23-20-12-11-18(13-19(20)22)24-17-5-3-2-4-6-17/h2-14H,1H3. The second-order valence-corrected chi connectivity index (χ2v) is 6.16. The lowest BCUT2D eigenvalue weighted by atomic mass is 10.1. The number of para-hydroxylation sites is 1. The summed E-state index contributed by atoms with van der Waals surface area (Å²) in [5.74, 6) is 2.04. The van der Waals surface area contributed by atoms with Gasteiger partial charge in [0.25, 0.3) is 0 Å². The molecular weight excluding hydrogens is 343 g/mol. The number of hydrogen-bond acceptors (Lipinski definition) is 2. The van der Waals surface area contributed by atoms with Gasteiger partial charge < -0.3 is 9.47 Å². The van der Waals surface area contributed by atoms with E-state index in [2.05, 4.69) is 0 Å². The van der Waals surface area contributed by atoms with Crippen molar-refractivity contribution in [1.29, 1.82) is 0 Å². The molecule has 0 N–H and O–H groups in total. The third-order valence-corrected chi connectivity index (χ3v) is 4.07. The van der Waals surface area contributed by atoms with Crippen LogP contribution in [0.4, 0.5) is 0 Å². The van der Waals surface area contributed by atoms with Gasteiger partial charge >= 0.3 is 0 Å².